The molecule has 1 N–H and O–H groups in total. The maximum absolute atomic E-state index is 13.7. The number of likely N-dealkylation sites (tertiary alicyclic amines) is 1. The normalized spacial score (nSPS) is 17.0. The molecule has 1 aliphatic heterocycles. The maximum atomic E-state index is 13.7. The minimum atomic E-state index is -3.12. The Morgan fingerprint density at radius 3 is 2.78 bits per heavy atom. The number of alkyl halides is 2. The highest BCUT2D eigenvalue weighted by Gasteiger charge is 2.47. The molecule has 2 aromatic heterocycles. The zero-order chi connectivity index (χ0) is 25.9. The SMILES string of the molecule is COc1ccc(C=C(C)c2ccc3nccc(C(=O)NCC(=O)N4CC(F)(F)CC4C#N)c3c2)cn1. The van der Waals surface area contributed by atoms with Crippen molar-refractivity contribution in [2.45, 2.75) is 25.3 Å². The number of nitriles is 1. The molecular weight excluding hydrogens is 468 g/mol. The van der Waals surface area contributed by atoms with E-state index >= 15 is 0 Å². The summed E-state index contributed by atoms with van der Waals surface area (Å²) >= 11 is 0. The number of aromatic nitrogens is 2. The van der Waals surface area contributed by atoms with Gasteiger partial charge in [0, 0.05) is 30.3 Å². The van der Waals surface area contributed by atoms with Crippen LogP contribution in [0.4, 0.5) is 8.78 Å². The third-order valence-electron chi connectivity index (χ3n) is 5.93. The van der Waals surface area contributed by atoms with Crippen molar-refractivity contribution in [2.24, 2.45) is 0 Å². The summed E-state index contributed by atoms with van der Waals surface area (Å²) in [6, 6.07) is 11.2. The lowest BCUT2D eigenvalue weighted by Crippen LogP contribution is -2.43. The van der Waals surface area contributed by atoms with Gasteiger partial charge in [0.1, 0.15) is 6.04 Å². The van der Waals surface area contributed by atoms with Gasteiger partial charge in [0.15, 0.2) is 0 Å². The van der Waals surface area contributed by atoms with E-state index in [1.54, 1.807) is 31.5 Å². The molecule has 4 rings (SSSR count). The van der Waals surface area contributed by atoms with Gasteiger partial charge >= 0.3 is 0 Å². The number of hydrogen-bond donors (Lipinski definition) is 1. The number of allylic oxidation sites excluding steroid dienone is 1. The molecule has 0 bridgehead atoms. The lowest BCUT2D eigenvalue weighted by Gasteiger charge is -2.19. The molecule has 0 aliphatic carbocycles. The van der Waals surface area contributed by atoms with Gasteiger partial charge in [-0.1, -0.05) is 6.07 Å². The van der Waals surface area contributed by atoms with Crippen molar-refractivity contribution < 1.29 is 23.1 Å². The van der Waals surface area contributed by atoms with Crippen molar-refractivity contribution in [1.82, 2.24) is 20.2 Å². The molecule has 1 fully saturated rings. The molecule has 1 saturated heterocycles. The zero-order valence-corrected chi connectivity index (χ0v) is 19.7. The summed E-state index contributed by atoms with van der Waals surface area (Å²) in [5, 5.41) is 12.2. The number of benzene rings is 1. The van der Waals surface area contributed by atoms with Gasteiger partial charge in [0.05, 0.1) is 37.3 Å². The van der Waals surface area contributed by atoms with Crippen LogP contribution >= 0.6 is 0 Å². The molecule has 0 spiro atoms. The van der Waals surface area contributed by atoms with Crippen LogP contribution in [0, 0.1) is 11.3 Å². The Morgan fingerprint density at radius 1 is 1.28 bits per heavy atom. The van der Waals surface area contributed by atoms with Gasteiger partial charge < -0.3 is 15.0 Å². The molecular formula is C26H23F2N5O3. The van der Waals surface area contributed by atoms with Crippen molar-refractivity contribution in [1.29, 1.82) is 5.26 Å². The van der Waals surface area contributed by atoms with E-state index in [-0.39, 0.29) is 5.56 Å². The fraction of sp³-hybridized carbons (Fsp3) is 0.269. The Kier molecular flexibility index (Phi) is 6.92. The van der Waals surface area contributed by atoms with Crippen LogP contribution in [-0.2, 0) is 4.79 Å². The van der Waals surface area contributed by atoms with Crippen LogP contribution in [0.1, 0.15) is 34.8 Å². The van der Waals surface area contributed by atoms with E-state index in [1.807, 2.05) is 31.2 Å². The summed E-state index contributed by atoms with van der Waals surface area (Å²) in [4.78, 5) is 34.7. The molecule has 0 radical (unpaired) electrons. The van der Waals surface area contributed by atoms with Crippen LogP contribution < -0.4 is 10.1 Å². The van der Waals surface area contributed by atoms with Crippen molar-refractivity contribution in [2.75, 3.05) is 20.2 Å². The van der Waals surface area contributed by atoms with E-state index in [0.717, 1.165) is 21.6 Å². The summed E-state index contributed by atoms with van der Waals surface area (Å²) < 4.78 is 32.4. The third kappa shape index (κ3) is 5.30. The van der Waals surface area contributed by atoms with Crippen molar-refractivity contribution in [3.8, 4) is 11.9 Å². The Labute approximate surface area is 206 Å². The lowest BCUT2D eigenvalue weighted by atomic mass is 10.00. The largest absolute Gasteiger partial charge is 0.481 e. The average Bonchev–Trinajstić information content (AvgIpc) is 3.21. The number of amides is 2. The number of halogens is 2. The van der Waals surface area contributed by atoms with E-state index in [1.165, 1.54) is 12.3 Å². The Bertz CT molecular complexity index is 1380. The number of nitrogens with one attached hydrogen (secondary N) is 1. The molecule has 10 heteroatoms. The quantitative estimate of drug-likeness (QED) is 0.564. The molecule has 1 aliphatic rings. The summed E-state index contributed by atoms with van der Waals surface area (Å²) in [7, 11) is 1.55. The maximum Gasteiger partial charge on any atom is 0.268 e. The number of carbonyl (C=O) groups excluding carboxylic acids is 2. The van der Waals surface area contributed by atoms with Gasteiger partial charge in [-0.3, -0.25) is 14.6 Å². The Hall–Kier alpha value is -4.39. The standard InChI is InChI=1S/C26H23F2N5O3/c1-16(9-17-3-6-23(36-2)31-13-17)18-4-5-22-21(10-18)20(7-8-30-22)25(35)32-14-24(34)33-15-26(27,28)11-19(33)12-29/h3-10,13,19H,11,14-15H2,1-2H3,(H,32,35). The smallest absolute Gasteiger partial charge is 0.268 e. The number of rotatable bonds is 6. The minimum absolute atomic E-state index is 0.289. The van der Waals surface area contributed by atoms with Crippen LogP contribution in [0.3, 0.4) is 0 Å². The molecule has 184 valence electrons. The third-order valence-corrected chi connectivity index (χ3v) is 5.93. The molecule has 0 saturated carbocycles. The second-order valence-electron chi connectivity index (χ2n) is 8.46. The summed E-state index contributed by atoms with van der Waals surface area (Å²) in [6.07, 6.45) is 4.41. The number of methoxy groups -OCH3 is 1. The van der Waals surface area contributed by atoms with Crippen LogP contribution in [0.15, 0.2) is 48.8 Å². The number of carbonyl (C=O) groups is 2. The predicted octanol–water partition coefficient (Wildman–Crippen LogP) is 3.69. The second kappa shape index (κ2) is 10.1. The van der Waals surface area contributed by atoms with E-state index in [4.69, 9.17) is 10.00 Å². The average molecular weight is 491 g/mol. The lowest BCUT2D eigenvalue weighted by molar-refractivity contribution is -0.131. The Balaban J connectivity index is 1.53. The fourth-order valence-electron chi connectivity index (χ4n) is 4.07. The van der Waals surface area contributed by atoms with Crippen LogP contribution in [-0.4, -0.2) is 58.8 Å². The summed E-state index contributed by atoms with van der Waals surface area (Å²) in [5.41, 5.74) is 3.52. The fourth-order valence-corrected chi connectivity index (χ4v) is 4.07. The second-order valence-corrected chi connectivity index (χ2v) is 8.46. The monoisotopic (exact) mass is 491 g/mol. The molecule has 36 heavy (non-hydrogen) atoms. The predicted molar refractivity (Wildman–Crippen MR) is 129 cm³/mol. The van der Waals surface area contributed by atoms with Crippen molar-refractivity contribution in [3.05, 3.63) is 65.5 Å². The summed E-state index contributed by atoms with van der Waals surface area (Å²) in [6.45, 7) is 0.592. The summed E-state index contributed by atoms with van der Waals surface area (Å²) in [5.74, 6) is -3.89. The molecule has 1 atom stereocenters. The van der Waals surface area contributed by atoms with Crippen LogP contribution in [0.5, 0.6) is 5.88 Å². The van der Waals surface area contributed by atoms with Crippen molar-refractivity contribution in [3.63, 3.8) is 0 Å². The zero-order valence-electron chi connectivity index (χ0n) is 19.7. The van der Waals surface area contributed by atoms with Crippen LogP contribution in [0.2, 0.25) is 0 Å². The molecule has 1 unspecified atom stereocenters. The van der Waals surface area contributed by atoms with E-state index in [9.17, 15) is 18.4 Å². The van der Waals surface area contributed by atoms with Gasteiger partial charge in [0.25, 0.3) is 11.8 Å². The van der Waals surface area contributed by atoms with E-state index in [0.29, 0.717) is 16.8 Å². The Morgan fingerprint density at radius 2 is 2.08 bits per heavy atom. The number of ether oxygens (including phenoxy) is 1. The number of hydrogen-bond acceptors (Lipinski definition) is 6. The molecule has 3 aromatic rings. The van der Waals surface area contributed by atoms with Gasteiger partial charge in [-0.05, 0) is 54.0 Å². The van der Waals surface area contributed by atoms with E-state index in [2.05, 4.69) is 15.3 Å². The highest BCUT2D eigenvalue weighted by atomic mass is 19.3. The first-order valence-electron chi connectivity index (χ1n) is 11.1. The van der Waals surface area contributed by atoms with Gasteiger partial charge in [-0.15, -0.1) is 0 Å². The first-order chi connectivity index (χ1) is 17.2. The minimum Gasteiger partial charge on any atom is -0.481 e. The molecule has 2 amide bonds. The number of pyridine rings is 2. The van der Waals surface area contributed by atoms with Crippen LogP contribution in [0.25, 0.3) is 22.6 Å². The first-order valence-corrected chi connectivity index (χ1v) is 11.1. The van der Waals surface area contributed by atoms with Gasteiger partial charge in [0.2, 0.25) is 11.8 Å². The number of fused-ring (bicyclic) bond motifs is 1. The molecule has 3 heterocycles. The highest BCUT2D eigenvalue weighted by molar-refractivity contribution is 6.07. The first kappa shape index (κ1) is 24.7. The highest BCUT2D eigenvalue weighted by Crippen LogP contribution is 2.31. The van der Waals surface area contributed by atoms with Gasteiger partial charge in [-0.25, -0.2) is 13.8 Å². The van der Waals surface area contributed by atoms with E-state index < -0.39 is 43.3 Å². The topological polar surface area (TPSA) is 108 Å². The van der Waals surface area contributed by atoms with Crippen molar-refractivity contribution >= 4 is 34.4 Å². The number of nitrogens with zero attached hydrogens (tertiary/aromatic N) is 4. The molecule has 8 nitrogen and oxygen atoms in total. The molecule has 1 aromatic carbocycles. The van der Waals surface area contributed by atoms with Gasteiger partial charge in [-0.2, -0.15) is 5.26 Å².